The van der Waals surface area contributed by atoms with Crippen molar-refractivity contribution in [2.24, 2.45) is 0 Å². The molecule has 21 heavy (non-hydrogen) atoms. The van der Waals surface area contributed by atoms with Crippen LogP contribution in [0.15, 0.2) is 54.6 Å². The van der Waals surface area contributed by atoms with Gasteiger partial charge in [0.25, 0.3) is 5.91 Å². The van der Waals surface area contributed by atoms with E-state index >= 15 is 0 Å². The van der Waals surface area contributed by atoms with Crippen LogP contribution in [-0.4, -0.2) is 15.6 Å². The fourth-order valence-electron chi connectivity index (χ4n) is 2.50. The number of phenolic OH excluding ortho intramolecular Hbond substituents is 1. The standard InChI is InChI=1S/C17H16N2O2/c1-2-19-14-9-5-3-7-12(14)11-15(19)17(21)18-13-8-4-6-10-16(13)20/h3-11,20H,2H2,1H3,(H,18,21). The first kappa shape index (κ1) is 13.2. The number of aryl methyl sites for hydroxylation is 1. The summed E-state index contributed by atoms with van der Waals surface area (Å²) in [5.74, 6) is -0.167. The van der Waals surface area contributed by atoms with Gasteiger partial charge in [-0.05, 0) is 31.2 Å². The SMILES string of the molecule is CCn1c(C(=O)Nc2ccccc2O)cc2ccccc21. The maximum absolute atomic E-state index is 12.5. The fraction of sp³-hybridized carbons (Fsp3) is 0.118. The van der Waals surface area contributed by atoms with Crippen LogP contribution in [0, 0.1) is 0 Å². The molecule has 2 N–H and O–H groups in total. The van der Waals surface area contributed by atoms with E-state index in [4.69, 9.17) is 0 Å². The minimum Gasteiger partial charge on any atom is -0.506 e. The first-order valence-corrected chi connectivity index (χ1v) is 6.88. The predicted molar refractivity (Wildman–Crippen MR) is 83.7 cm³/mol. The number of anilines is 1. The molecule has 0 saturated heterocycles. The molecule has 1 amide bonds. The van der Waals surface area contributed by atoms with Crippen LogP contribution in [0.1, 0.15) is 17.4 Å². The third-order valence-corrected chi connectivity index (χ3v) is 3.51. The van der Waals surface area contributed by atoms with Gasteiger partial charge in [0.1, 0.15) is 11.4 Å². The summed E-state index contributed by atoms with van der Waals surface area (Å²) < 4.78 is 1.96. The molecule has 0 fully saturated rings. The lowest BCUT2D eigenvalue weighted by molar-refractivity contribution is 0.101. The monoisotopic (exact) mass is 280 g/mol. The summed E-state index contributed by atoms with van der Waals surface area (Å²) in [6, 6.07) is 16.5. The molecule has 0 bridgehead atoms. The molecule has 1 heterocycles. The van der Waals surface area contributed by atoms with Gasteiger partial charge in [-0.1, -0.05) is 30.3 Å². The van der Waals surface area contributed by atoms with Crippen LogP contribution in [0.5, 0.6) is 5.75 Å². The van der Waals surface area contributed by atoms with Crippen molar-refractivity contribution in [1.29, 1.82) is 0 Å². The lowest BCUT2D eigenvalue weighted by Gasteiger charge is -2.09. The van der Waals surface area contributed by atoms with E-state index < -0.39 is 0 Å². The molecule has 1 aromatic heterocycles. The average molecular weight is 280 g/mol. The van der Waals surface area contributed by atoms with E-state index in [1.54, 1.807) is 24.3 Å². The molecule has 106 valence electrons. The number of fused-ring (bicyclic) bond motifs is 1. The minimum atomic E-state index is -0.227. The molecule has 0 radical (unpaired) electrons. The van der Waals surface area contributed by atoms with Gasteiger partial charge in [0.2, 0.25) is 0 Å². The first-order valence-electron chi connectivity index (χ1n) is 6.88. The average Bonchev–Trinajstić information content (AvgIpc) is 2.88. The summed E-state index contributed by atoms with van der Waals surface area (Å²) >= 11 is 0. The van der Waals surface area contributed by atoms with Gasteiger partial charge in [-0.25, -0.2) is 0 Å². The number of amides is 1. The summed E-state index contributed by atoms with van der Waals surface area (Å²) in [5.41, 5.74) is 2.03. The summed E-state index contributed by atoms with van der Waals surface area (Å²) in [6.45, 7) is 2.71. The Kier molecular flexibility index (Phi) is 3.36. The number of rotatable bonds is 3. The minimum absolute atomic E-state index is 0.0602. The van der Waals surface area contributed by atoms with Gasteiger partial charge in [0.05, 0.1) is 5.69 Å². The normalized spacial score (nSPS) is 10.7. The highest BCUT2D eigenvalue weighted by Gasteiger charge is 2.15. The van der Waals surface area contributed by atoms with Crippen molar-refractivity contribution in [3.63, 3.8) is 0 Å². The van der Waals surface area contributed by atoms with Gasteiger partial charge >= 0.3 is 0 Å². The van der Waals surface area contributed by atoms with Crippen LogP contribution in [0.4, 0.5) is 5.69 Å². The molecule has 0 saturated carbocycles. The zero-order valence-corrected chi connectivity index (χ0v) is 11.7. The van der Waals surface area contributed by atoms with Crippen molar-refractivity contribution < 1.29 is 9.90 Å². The van der Waals surface area contributed by atoms with Gasteiger partial charge in [-0.2, -0.15) is 0 Å². The van der Waals surface area contributed by atoms with Crippen LogP contribution in [0.25, 0.3) is 10.9 Å². The smallest absolute Gasteiger partial charge is 0.272 e. The number of hydrogen-bond acceptors (Lipinski definition) is 2. The molecule has 0 atom stereocenters. The molecule has 4 nitrogen and oxygen atoms in total. The molecule has 0 aliphatic carbocycles. The van der Waals surface area contributed by atoms with Crippen LogP contribution in [-0.2, 0) is 6.54 Å². The maximum Gasteiger partial charge on any atom is 0.272 e. The van der Waals surface area contributed by atoms with Crippen molar-refractivity contribution in [2.75, 3.05) is 5.32 Å². The third-order valence-electron chi connectivity index (χ3n) is 3.51. The Hall–Kier alpha value is -2.75. The number of nitrogens with zero attached hydrogens (tertiary/aromatic N) is 1. The number of aromatic nitrogens is 1. The molecule has 0 aliphatic rings. The van der Waals surface area contributed by atoms with E-state index in [1.807, 2.05) is 41.8 Å². The van der Waals surface area contributed by atoms with Crippen molar-refractivity contribution in [3.8, 4) is 5.75 Å². The van der Waals surface area contributed by atoms with Crippen molar-refractivity contribution in [3.05, 3.63) is 60.3 Å². The molecular weight excluding hydrogens is 264 g/mol. The van der Waals surface area contributed by atoms with E-state index in [2.05, 4.69) is 5.32 Å². The lowest BCUT2D eigenvalue weighted by Crippen LogP contribution is -2.16. The van der Waals surface area contributed by atoms with E-state index in [0.29, 0.717) is 17.9 Å². The van der Waals surface area contributed by atoms with Gasteiger partial charge in [-0.15, -0.1) is 0 Å². The van der Waals surface area contributed by atoms with E-state index in [9.17, 15) is 9.90 Å². The number of hydrogen-bond donors (Lipinski definition) is 2. The molecule has 3 rings (SSSR count). The molecule has 4 heteroatoms. The molecule has 0 spiro atoms. The number of carbonyl (C=O) groups is 1. The molecule has 0 aliphatic heterocycles. The Morgan fingerprint density at radius 3 is 2.62 bits per heavy atom. The second kappa shape index (κ2) is 5.32. The van der Waals surface area contributed by atoms with Crippen molar-refractivity contribution in [1.82, 2.24) is 4.57 Å². The second-order valence-corrected chi connectivity index (χ2v) is 4.80. The number of para-hydroxylation sites is 3. The number of aromatic hydroxyl groups is 1. The Morgan fingerprint density at radius 2 is 1.86 bits per heavy atom. The summed E-state index contributed by atoms with van der Waals surface area (Å²) in [4.78, 5) is 12.5. The predicted octanol–water partition coefficient (Wildman–Crippen LogP) is 3.62. The maximum atomic E-state index is 12.5. The largest absolute Gasteiger partial charge is 0.506 e. The Morgan fingerprint density at radius 1 is 1.14 bits per heavy atom. The molecule has 0 unspecified atom stereocenters. The zero-order valence-electron chi connectivity index (χ0n) is 11.7. The lowest BCUT2D eigenvalue weighted by atomic mass is 10.2. The van der Waals surface area contributed by atoms with Crippen LogP contribution < -0.4 is 5.32 Å². The number of benzene rings is 2. The van der Waals surface area contributed by atoms with Gasteiger partial charge < -0.3 is 15.0 Å². The number of phenols is 1. The van der Waals surface area contributed by atoms with Crippen LogP contribution >= 0.6 is 0 Å². The van der Waals surface area contributed by atoms with Crippen LogP contribution in [0.3, 0.4) is 0 Å². The van der Waals surface area contributed by atoms with E-state index in [1.165, 1.54) is 0 Å². The second-order valence-electron chi connectivity index (χ2n) is 4.80. The first-order chi connectivity index (χ1) is 10.2. The molecule has 3 aromatic rings. The van der Waals surface area contributed by atoms with Gasteiger partial charge in [0, 0.05) is 17.4 Å². The Balaban J connectivity index is 2.00. The Labute approximate surface area is 122 Å². The quantitative estimate of drug-likeness (QED) is 0.720. The van der Waals surface area contributed by atoms with Crippen LogP contribution in [0.2, 0.25) is 0 Å². The fourth-order valence-corrected chi connectivity index (χ4v) is 2.50. The van der Waals surface area contributed by atoms with Gasteiger partial charge in [0.15, 0.2) is 0 Å². The highest BCUT2D eigenvalue weighted by atomic mass is 16.3. The van der Waals surface area contributed by atoms with Gasteiger partial charge in [-0.3, -0.25) is 4.79 Å². The zero-order chi connectivity index (χ0) is 14.8. The number of nitrogens with one attached hydrogen (secondary N) is 1. The van der Waals surface area contributed by atoms with E-state index in [-0.39, 0.29) is 11.7 Å². The van der Waals surface area contributed by atoms with Crippen molar-refractivity contribution >= 4 is 22.5 Å². The third kappa shape index (κ3) is 2.36. The summed E-state index contributed by atoms with van der Waals surface area (Å²) in [6.07, 6.45) is 0. The highest BCUT2D eigenvalue weighted by Crippen LogP contribution is 2.24. The molecular formula is C17H16N2O2. The summed E-state index contributed by atoms with van der Waals surface area (Å²) in [5, 5.41) is 13.5. The molecule has 2 aromatic carbocycles. The Bertz CT molecular complexity index is 805. The summed E-state index contributed by atoms with van der Waals surface area (Å²) in [7, 11) is 0. The highest BCUT2D eigenvalue weighted by molar-refractivity contribution is 6.07. The number of carbonyl (C=O) groups excluding carboxylic acids is 1. The topological polar surface area (TPSA) is 54.3 Å². The van der Waals surface area contributed by atoms with E-state index in [0.717, 1.165) is 10.9 Å². The van der Waals surface area contributed by atoms with Crippen molar-refractivity contribution in [2.45, 2.75) is 13.5 Å².